The maximum atomic E-state index is 13.1. The first kappa shape index (κ1) is 13.3. The lowest BCUT2D eigenvalue weighted by Gasteiger charge is -2.08. The molecule has 0 atom stereocenters. The summed E-state index contributed by atoms with van der Waals surface area (Å²) in [6.07, 6.45) is 0.634. The third kappa shape index (κ3) is 2.67. The normalized spacial score (nSPS) is 10.5. The number of aromatic nitrogens is 2. The summed E-state index contributed by atoms with van der Waals surface area (Å²) in [5, 5.41) is 8.01. The van der Waals surface area contributed by atoms with Gasteiger partial charge in [-0.2, -0.15) is 10.2 Å². The molecule has 0 spiro atoms. The maximum absolute atomic E-state index is 13.1. The van der Waals surface area contributed by atoms with Crippen LogP contribution in [0.25, 0.3) is 0 Å². The van der Waals surface area contributed by atoms with E-state index in [1.54, 1.807) is 19.9 Å². The van der Waals surface area contributed by atoms with Crippen molar-refractivity contribution in [2.75, 3.05) is 0 Å². The number of halogens is 1. The van der Waals surface area contributed by atoms with Crippen molar-refractivity contribution in [1.82, 2.24) is 10.2 Å². The van der Waals surface area contributed by atoms with E-state index in [0.29, 0.717) is 34.5 Å². The van der Waals surface area contributed by atoms with Crippen molar-refractivity contribution in [3.8, 4) is 0 Å². The van der Waals surface area contributed by atoms with E-state index < -0.39 is 0 Å². The fourth-order valence-corrected chi connectivity index (χ4v) is 2.00. The second-order valence-corrected chi connectivity index (χ2v) is 4.49. The molecule has 0 saturated carbocycles. The van der Waals surface area contributed by atoms with Gasteiger partial charge in [0.1, 0.15) is 5.82 Å². The highest BCUT2D eigenvalue weighted by Crippen LogP contribution is 2.18. The molecule has 4 heteroatoms. The predicted molar refractivity (Wildman–Crippen MR) is 70.7 cm³/mol. The van der Waals surface area contributed by atoms with Crippen LogP contribution in [0.5, 0.6) is 0 Å². The summed E-state index contributed by atoms with van der Waals surface area (Å²) in [6, 6.07) is 5.91. The van der Waals surface area contributed by atoms with Crippen LogP contribution < -0.4 is 0 Å². The molecule has 0 saturated heterocycles. The molecule has 98 valence electrons. The molecule has 0 amide bonds. The minimum atomic E-state index is -0.339. The summed E-state index contributed by atoms with van der Waals surface area (Å²) in [5.41, 5.74) is 3.04. The van der Waals surface area contributed by atoms with Gasteiger partial charge in [-0.05, 0) is 50.1 Å². The Balaban J connectivity index is 2.52. The second kappa shape index (κ2) is 5.26. The van der Waals surface area contributed by atoms with Gasteiger partial charge in [0.25, 0.3) is 0 Å². The third-order valence-electron chi connectivity index (χ3n) is 3.01. The van der Waals surface area contributed by atoms with Gasteiger partial charge in [-0.3, -0.25) is 4.79 Å². The zero-order valence-corrected chi connectivity index (χ0v) is 11.2. The Morgan fingerprint density at radius 1 is 1.16 bits per heavy atom. The fourth-order valence-electron chi connectivity index (χ4n) is 2.00. The van der Waals surface area contributed by atoms with E-state index in [4.69, 9.17) is 0 Å². The Morgan fingerprint density at radius 3 is 2.53 bits per heavy atom. The lowest BCUT2D eigenvalue weighted by Crippen LogP contribution is -2.10. The Hall–Kier alpha value is -2.10. The van der Waals surface area contributed by atoms with E-state index in [1.807, 2.05) is 6.92 Å². The van der Waals surface area contributed by atoms with Gasteiger partial charge in [-0.1, -0.05) is 6.92 Å². The quantitative estimate of drug-likeness (QED) is 0.795. The minimum absolute atomic E-state index is 0.132. The molecule has 2 rings (SSSR count). The molecule has 0 N–H and O–H groups in total. The summed E-state index contributed by atoms with van der Waals surface area (Å²) < 4.78 is 13.1. The van der Waals surface area contributed by atoms with E-state index in [1.165, 1.54) is 18.2 Å². The molecule has 0 aliphatic carbocycles. The highest BCUT2D eigenvalue weighted by molar-refractivity contribution is 6.10. The maximum Gasteiger partial charge on any atom is 0.195 e. The second-order valence-electron chi connectivity index (χ2n) is 4.49. The molecule has 2 aromatic rings. The van der Waals surface area contributed by atoms with Gasteiger partial charge in [0, 0.05) is 11.1 Å². The molecule has 0 unspecified atom stereocenters. The Bertz CT molecular complexity index is 638. The zero-order valence-electron chi connectivity index (χ0n) is 11.2. The van der Waals surface area contributed by atoms with Gasteiger partial charge in [0.05, 0.1) is 11.4 Å². The number of aryl methyl sites for hydroxylation is 3. The number of carbonyl (C=O) groups is 1. The first-order valence-electron chi connectivity index (χ1n) is 6.17. The van der Waals surface area contributed by atoms with Gasteiger partial charge in [-0.25, -0.2) is 4.39 Å². The van der Waals surface area contributed by atoms with E-state index in [0.717, 1.165) is 0 Å². The Labute approximate surface area is 111 Å². The molecular weight excluding hydrogens is 243 g/mol. The van der Waals surface area contributed by atoms with Crippen LogP contribution in [0.2, 0.25) is 0 Å². The van der Waals surface area contributed by atoms with E-state index in [-0.39, 0.29) is 11.6 Å². The number of ketones is 1. The first-order valence-corrected chi connectivity index (χ1v) is 6.17. The van der Waals surface area contributed by atoms with Crippen LogP contribution in [0.1, 0.15) is 39.8 Å². The van der Waals surface area contributed by atoms with Crippen LogP contribution in [0.15, 0.2) is 24.3 Å². The molecule has 0 bridgehead atoms. The predicted octanol–water partition coefficient (Wildman–Crippen LogP) is 3.03. The lowest BCUT2D eigenvalue weighted by molar-refractivity contribution is 0.103. The van der Waals surface area contributed by atoms with Crippen molar-refractivity contribution < 1.29 is 9.18 Å². The third-order valence-corrected chi connectivity index (χ3v) is 3.01. The van der Waals surface area contributed by atoms with Crippen molar-refractivity contribution in [2.24, 2.45) is 0 Å². The van der Waals surface area contributed by atoms with Gasteiger partial charge in [0.2, 0.25) is 0 Å². The summed E-state index contributed by atoms with van der Waals surface area (Å²) in [7, 11) is 0. The van der Waals surface area contributed by atoms with Crippen LogP contribution >= 0.6 is 0 Å². The Morgan fingerprint density at radius 2 is 1.89 bits per heavy atom. The number of benzene rings is 1. The summed E-state index contributed by atoms with van der Waals surface area (Å²) >= 11 is 0. The van der Waals surface area contributed by atoms with Crippen molar-refractivity contribution in [2.45, 2.75) is 27.2 Å². The summed E-state index contributed by atoms with van der Waals surface area (Å²) in [4.78, 5) is 12.5. The van der Waals surface area contributed by atoms with E-state index >= 15 is 0 Å². The van der Waals surface area contributed by atoms with E-state index in [9.17, 15) is 9.18 Å². The minimum Gasteiger partial charge on any atom is -0.289 e. The average Bonchev–Trinajstić information content (AvgIpc) is 2.38. The van der Waals surface area contributed by atoms with Crippen LogP contribution in [-0.2, 0) is 6.42 Å². The zero-order chi connectivity index (χ0) is 14.0. The number of nitrogens with zero attached hydrogens (tertiary/aromatic N) is 2. The van der Waals surface area contributed by atoms with Gasteiger partial charge >= 0.3 is 0 Å². The average molecular weight is 258 g/mol. The van der Waals surface area contributed by atoms with Crippen LogP contribution in [0.3, 0.4) is 0 Å². The molecule has 0 aliphatic heterocycles. The van der Waals surface area contributed by atoms with Crippen molar-refractivity contribution in [3.05, 3.63) is 58.2 Å². The number of hydrogen-bond acceptors (Lipinski definition) is 3. The number of rotatable bonds is 3. The van der Waals surface area contributed by atoms with Crippen molar-refractivity contribution in [3.63, 3.8) is 0 Å². The molecule has 0 radical (unpaired) electrons. The SMILES string of the molecule is CCc1nnc(C)cc1C(=O)c1ccc(F)cc1C. The smallest absolute Gasteiger partial charge is 0.195 e. The molecule has 19 heavy (non-hydrogen) atoms. The van der Waals surface area contributed by atoms with Crippen LogP contribution in [0.4, 0.5) is 4.39 Å². The molecule has 0 fully saturated rings. The molecule has 3 nitrogen and oxygen atoms in total. The van der Waals surface area contributed by atoms with Gasteiger partial charge in [0.15, 0.2) is 5.78 Å². The first-order chi connectivity index (χ1) is 9.02. The topological polar surface area (TPSA) is 42.9 Å². The van der Waals surface area contributed by atoms with Gasteiger partial charge < -0.3 is 0 Å². The molecule has 1 aromatic heterocycles. The summed E-state index contributed by atoms with van der Waals surface area (Å²) in [6.45, 7) is 5.44. The number of hydrogen-bond donors (Lipinski definition) is 0. The van der Waals surface area contributed by atoms with Crippen molar-refractivity contribution >= 4 is 5.78 Å². The highest BCUT2D eigenvalue weighted by atomic mass is 19.1. The standard InChI is InChI=1S/C15H15FN2O/c1-4-14-13(8-10(3)17-18-14)15(19)12-6-5-11(16)7-9(12)2/h5-8H,4H2,1-3H3. The highest BCUT2D eigenvalue weighted by Gasteiger charge is 2.17. The molecule has 1 aromatic carbocycles. The summed E-state index contributed by atoms with van der Waals surface area (Å²) in [5.74, 6) is -0.471. The van der Waals surface area contributed by atoms with Gasteiger partial charge in [-0.15, -0.1) is 0 Å². The van der Waals surface area contributed by atoms with Crippen LogP contribution in [-0.4, -0.2) is 16.0 Å². The Kier molecular flexibility index (Phi) is 3.69. The molecule has 1 heterocycles. The molecule has 0 aliphatic rings. The largest absolute Gasteiger partial charge is 0.289 e. The fraction of sp³-hybridized carbons (Fsp3) is 0.267. The van der Waals surface area contributed by atoms with E-state index in [2.05, 4.69) is 10.2 Å². The monoisotopic (exact) mass is 258 g/mol. The molecular formula is C15H15FN2O. The van der Waals surface area contributed by atoms with Crippen molar-refractivity contribution in [1.29, 1.82) is 0 Å². The lowest BCUT2D eigenvalue weighted by atomic mass is 9.97. The number of carbonyl (C=O) groups excluding carboxylic acids is 1. The van der Waals surface area contributed by atoms with Crippen LogP contribution in [0, 0.1) is 19.7 Å².